The van der Waals surface area contributed by atoms with Crippen LogP contribution in [0.25, 0.3) is 0 Å². The zero-order chi connectivity index (χ0) is 18.8. The summed E-state index contributed by atoms with van der Waals surface area (Å²) in [4.78, 5) is 21.2. The summed E-state index contributed by atoms with van der Waals surface area (Å²) in [5.41, 5.74) is 4.01. The molecular formula is C22H29N3OS. The van der Waals surface area contributed by atoms with Crippen molar-refractivity contribution >= 4 is 22.9 Å². The van der Waals surface area contributed by atoms with E-state index in [-0.39, 0.29) is 0 Å². The lowest BCUT2D eigenvalue weighted by Gasteiger charge is -2.38. The first-order valence-electron chi connectivity index (χ1n) is 10.00. The number of nitrogens with zero attached hydrogens (tertiary/aromatic N) is 3. The second-order valence-electron chi connectivity index (χ2n) is 7.73. The molecule has 144 valence electrons. The molecule has 0 bridgehead atoms. The van der Waals surface area contributed by atoms with Gasteiger partial charge in [-0.1, -0.05) is 18.2 Å². The highest BCUT2D eigenvalue weighted by atomic mass is 32.1. The maximum atomic E-state index is 12.9. The van der Waals surface area contributed by atoms with Crippen LogP contribution in [-0.4, -0.2) is 55.0 Å². The third kappa shape index (κ3) is 3.90. The summed E-state index contributed by atoms with van der Waals surface area (Å²) in [5, 5.41) is 2.14. The molecule has 0 unspecified atom stereocenters. The van der Waals surface area contributed by atoms with E-state index in [9.17, 15) is 4.79 Å². The fourth-order valence-electron chi connectivity index (χ4n) is 4.37. The van der Waals surface area contributed by atoms with Gasteiger partial charge in [0, 0.05) is 42.8 Å². The summed E-state index contributed by atoms with van der Waals surface area (Å²) in [5.74, 6) is 0.291. The van der Waals surface area contributed by atoms with Crippen LogP contribution >= 0.6 is 11.3 Å². The molecule has 2 aliphatic rings. The van der Waals surface area contributed by atoms with Gasteiger partial charge in [0.15, 0.2) is 0 Å². The molecule has 2 fully saturated rings. The zero-order valence-electron chi connectivity index (χ0n) is 16.4. The molecule has 3 heterocycles. The molecule has 0 aliphatic carbocycles. The Morgan fingerprint density at radius 3 is 2.63 bits per heavy atom. The van der Waals surface area contributed by atoms with Crippen molar-refractivity contribution in [2.24, 2.45) is 0 Å². The zero-order valence-corrected chi connectivity index (χ0v) is 17.2. The highest BCUT2D eigenvalue weighted by Gasteiger charge is 2.30. The molecule has 2 saturated heterocycles. The second kappa shape index (κ2) is 8.03. The topological polar surface area (TPSA) is 26.8 Å². The van der Waals surface area contributed by atoms with Crippen molar-refractivity contribution in [1.82, 2.24) is 9.80 Å². The van der Waals surface area contributed by atoms with E-state index < -0.39 is 0 Å². The van der Waals surface area contributed by atoms with E-state index in [4.69, 9.17) is 0 Å². The van der Waals surface area contributed by atoms with Crippen LogP contribution in [0.4, 0.5) is 5.69 Å². The quantitative estimate of drug-likeness (QED) is 0.802. The van der Waals surface area contributed by atoms with E-state index in [2.05, 4.69) is 64.3 Å². The van der Waals surface area contributed by atoms with Crippen molar-refractivity contribution in [3.63, 3.8) is 0 Å². The average molecular weight is 384 g/mol. The summed E-state index contributed by atoms with van der Waals surface area (Å²) in [7, 11) is 0. The largest absolute Gasteiger partial charge is 0.368 e. The summed E-state index contributed by atoms with van der Waals surface area (Å²) in [6.45, 7) is 9.45. The first kappa shape index (κ1) is 18.5. The number of thiophene rings is 1. The Labute approximate surface area is 166 Å². The van der Waals surface area contributed by atoms with Gasteiger partial charge in [0.25, 0.3) is 0 Å². The minimum absolute atomic E-state index is 0.291. The van der Waals surface area contributed by atoms with Crippen LogP contribution < -0.4 is 4.90 Å². The molecule has 4 rings (SSSR count). The van der Waals surface area contributed by atoms with Gasteiger partial charge >= 0.3 is 0 Å². The van der Waals surface area contributed by atoms with E-state index in [1.54, 1.807) is 0 Å². The summed E-state index contributed by atoms with van der Waals surface area (Å²) >= 11 is 1.81. The lowest BCUT2D eigenvalue weighted by Crippen LogP contribution is -2.51. The first-order chi connectivity index (χ1) is 13.1. The predicted octanol–water partition coefficient (Wildman–Crippen LogP) is 3.85. The maximum absolute atomic E-state index is 12.9. The predicted molar refractivity (Wildman–Crippen MR) is 113 cm³/mol. The lowest BCUT2D eigenvalue weighted by atomic mass is 10.1. The molecule has 1 atom stereocenters. The van der Waals surface area contributed by atoms with Crippen LogP contribution in [-0.2, 0) is 4.79 Å². The number of amides is 1. The van der Waals surface area contributed by atoms with Crippen LogP contribution in [0.15, 0.2) is 35.7 Å². The number of likely N-dealkylation sites (tertiary alicyclic amines) is 1. The Balaban J connectivity index is 1.34. The Hall–Kier alpha value is -1.85. The van der Waals surface area contributed by atoms with Gasteiger partial charge in [0.2, 0.25) is 5.91 Å². The third-order valence-electron chi connectivity index (χ3n) is 6.12. The SMILES string of the molecule is Cc1cccc(N2CCN(C(=O)CN3CCC[C@@H]3c3cccs3)CC2)c1C. The van der Waals surface area contributed by atoms with E-state index in [0.29, 0.717) is 18.5 Å². The number of piperazine rings is 1. The molecule has 0 N–H and O–H groups in total. The Morgan fingerprint density at radius 1 is 1.07 bits per heavy atom. The fraction of sp³-hybridized carbons (Fsp3) is 0.500. The molecule has 4 nitrogen and oxygen atoms in total. The minimum atomic E-state index is 0.291. The van der Waals surface area contributed by atoms with Crippen molar-refractivity contribution in [3.05, 3.63) is 51.7 Å². The van der Waals surface area contributed by atoms with Gasteiger partial charge in [0.05, 0.1) is 6.54 Å². The number of rotatable bonds is 4. The number of carbonyl (C=O) groups is 1. The van der Waals surface area contributed by atoms with Crippen LogP contribution in [0.2, 0.25) is 0 Å². The molecule has 1 aromatic carbocycles. The van der Waals surface area contributed by atoms with Gasteiger partial charge in [-0.05, 0) is 61.9 Å². The Kier molecular flexibility index (Phi) is 5.50. The van der Waals surface area contributed by atoms with E-state index in [1.165, 1.54) is 34.5 Å². The monoisotopic (exact) mass is 383 g/mol. The van der Waals surface area contributed by atoms with Gasteiger partial charge in [-0.2, -0.15) is 0 Å². The molecular weight excluding hydrogens is 354 g/mol. The molecule has 2 aromatic rings. The van der Waals surface area contributed by atoms with Crippen LogP contribution in [0.5, 0.6) is 0 Å². The van der Waals surface area contributed by atoms with Crippen molar-refractivity contribution in [2.75, 3.05) is 44.2 Å². The van der Waals surface area contributed by atoms with Crippen LogP contribution in [0.1, 0.15) is 34.9 Å². The minimum Gasteiger partial charge on any atom is -0.368 e. The number of carbonyl (C=O) groups excluding carboxylic acids is 1. The lowest BCUT2D eigenvalue weighted by molar-refractivity contribution is -0.133. The number of anilines is 1. The van der Waals surface area contributed by atoms with Gasteiger partial charge in [-0.15, -0.1) is 11.3 Å². The summed E-state index contributed by atoms with van der Waals surface area (Å²) in [6, 6.07) is 11.3. The van der Waals surface area contributed by atoms with Crippen LogP contribution in [0.3, 0.4) is 0 Å². The molecule has 2 aliphatic heterocycles. The number of hydrogen-bond acceptors (Lipinski definition) is 4. The summed E-state index contributed by atoms with van der Waals surface area (Å²) < 4.78 is 0. The number of hydrogen-bond donors (Lipinski definition) is 0. The van der Waals surface area contributed by atoms with Gasteiger partial charge in [-0.3, -0.25) is 9.69 Å². The van der Waals surface area contributed by atoms with Gasteiger partial charge in [-0.25, -0.2) is 0 Å². The number of benzene rings is 1. The van der Waals surface area contributed by atoms with E-state index in [0.717, 1.165) is 32.7 Å². The van der Waals surface area contributed by atoms with Crippen molar-refractivity contribution in [3.8, 4) is 0 Å². The van der Waals surface area contributed by atoms with Crippen molar-refractivity contribution < 1.29 is 4.79 Å². The third-order valence-corrected chi connectivity index (χ3v) is 7.10. The highest BCUT2D eigenvalue weighted by molar-refractivity contribution is 7.10. The van der Waals surface area contributed by atoms with E-state index in [1.807, 2.05) is 11.3 Å². The first-order valence-corrected chi connectivity index (χ1v) is 10.9. The molecule has 1 amide bonds. The molecule has 0 saturated carbocycles. The summed E-state index contributed by atoms with van der Waals surface area (Å²) in [6.07, 6.45) is 2.37. The molecule has 0 spiro atoms. The molecule has 0 radical (unpaired) electrons. The highest BCUT2D eigenvalue weighted by Crippen LogP contribution is 2.34. The smallest absolute Gasteiger partial charge is 0.236 e. The second-order valence-corrected chi connectivity index (χ2v) is 8.71. The Morgan fingerprint density at radius 2 is 1.89 bits per heavy atom. The van der Waals surface area contributed by atoms with Crippen LogP contribution in [0, 0.1) is 13.8 Å². The van der Waals surface area contributed by atoms with Gasteiger partial charge < -0.3 is 9.80 Å². The standard InChI is InChI=1S/C22H29N3OS/c1-17-6-3-7-19(18(17)2)23-11-13-24(14-12-23)22(26)16-25-10-4-8-20(25)21-9-5-15-27-21/h3,5-7,9,15,20H,4,8,10-14,16H2,1-2H3/t20-/m1/s1. The molecule has 1 aromatic heterocycles. The van der Waals surface area contributed by atoms with Crippen molar-refractivity contribution in [1.29, 1.82) is 0 Å². The normalized spacial score (nSPS) is 21.0. The molecule has 5 heteroatoms. The average Bonchev–Trinajstić information content (AvgIpc) is 3.35. The fourth-order valence-corrected chi connectivity index (χ4v) is 5.26. The maximum Gasteiger partial charge on any atom is 0.236 e. The molecule has 27 heavy (non-hydrogen) atoms. The van der Waals surface area contributed by atoms with Crippen molar-refractivity contribution in [2.45, 2.75) is 32.7 Å². The van der Waals surface area contributed by atoms with Gasteiger partial charge in [0.1, 0.15) is 0 Å². The number of aryl methyl sites for hydroxylation is 1. The Bertz CT molecular complexity index is 781. The van der Waals surface area contributed by atoms with E-state index >= 15 is 0 Å².